The normalized spacial score (nSPS) is 11.7. The van der Waals surface area contributed by atoms with Crippen LogP contribution in [0, 0.1) is 0 Å². The van der Waals surface area contributed by atoms with Crippen molar-refractivity contribution in [2.24, 2.45) is 0 Å². The minimum absolute atomic E-state index is 0.876. The van der Waals surface area contributed by atoms with E-state index in [1.807, 2.05) is 0 Å². The summed E-state index contributed by atoms with van der Waals surface area (Å²) in [7, 11) is 0. The largest absolute Gasteiger partial charge is 0.455 e. The zero-order valence-electron chi connectivity index (χ0n) is 32.7. The SMILES string of the molecule is c1ccc(-c2cc(N(c3cccc(-c4ccc(-c5cc6ccccc6c6ccccc56)cc4)c3)c3cc4ccccc4c4oc5ccccc5c34)cc3ccccc23)cc1. The van der Waals surface area contributed by atoms with Gasteiger partial charge in [-0.2, -0.15) is 0 Å². The van der Waals surface area contributed by atoms with E-state index in [2.05, 4.69) is 229 Å². The Morgan fingerprint density at radius 1 is 0.300 bits per heavy atom. The zero-order valence-corrected chi connectivity index (χ0v) is 32.7. The second kappa shape index (κ2) is 13.9. The zero-order chi connectivity index (χ0) is 39.6. The molecule has 0 unspecified atom stereocenters. The van der Waals surface area contributed by atoms with E-state index in [9.17, 15) is 0 Å². The molecule has 0 N–H and O–H groups in total. The molecule has 0 spiro atoms. The Hall–Kier alpha value is -7.94. The highest BCUT2D eigenvalue weighted by Crippen LogP contribution is 2.48. The average molecular weight is 764 g/mol. The highest BCUT2D eigenvalue weighted by Gasteiger charge is 2.23. The lowest BCUT2D eigenvalue weighted by Crippen LogP contribution is -2.11. The molecule has 12 rings (SSSR count). The summed E-state index contributed by atoms with van der Waals surface area (Å²) in [6.45, 7) is 0. The van der Waals surface area contributed by atoms with Crippen molar-refractivity contribution in [3.05, 3.63) is 224 Å². The summed E-state index contributed by atoms with van der Waals surface area (Å²) < 4.78 is 6.76. The number of anilines is 3. The van der Waals surface area contributed by atoms with Gasteiger partial charge in [-0.25, -0.2) is 0 Å². The molecule has 2 nitrogen and oxygen atoms in total. The van der Waals surface area contributed by atoms with Crippen LogP contribution < -0.4 is 4.90 Å². The summed E-state index contributed by atoms with van der Waals surface area (Å²) in [5.74, 6) is 0. The highest BCUT2D eigenvalue weighted by atomic mass is 16.3. The van der Waals surface area contributed by atoms with Crippen molar-refractivity contribution in [2.75, 3.05) is 4.90 Å². The molecule has 0 atom stereocenters. The predicted octanol–water partition coefficient (Wildman–Crippen LogP) is 16.7. The number of furan rings is 1. The summed E-state index contributed by atoms with van der Waals surface area (Å²) >= 11 is 0. The first-order chi connectivity index (χ1) is 29.7. The third-order valence-electron chi connectivity index (χ3n) is 12.2. The maximum atomic E-state index is 6.76. The van der Waals surface area contributed by atoms with Crippen LogP contribution in [0.4, 0.5) is 17.1 Å². The van der Waals surface area contributed by atoms with E-state index in [0.29, 0.717) is 0 Å². The van der Waals surface area contributed by atoms with Gasteiger partial charge in [0.1, 0.15) is 11.2 Å². The van der Waals surface area contributed by atoms with E-state index in [-0.39, 0.29) is 0 Å². The van der Waals surface area contributed by atoms with Crippen LogP contribution in [-0.4, -0.2) is 0 Å². The van der Waals surface area contributed by atoms with Crippen LogP contribution in [0.15, 0.2) is 229 Å². The second-order valence-corrected chi connectivity index (χ2v) is 15.7. The Morgan fingerprint density at radius 2 is 0.850 bits per heavy atom. The van der Waals surface area contributed by atoms with Crippen molar-refractivity contribution in [1.29, 1.82) is 0 Å². The summed E-state index contributed by atoms with van der Waals surface area (Å²) in [4.78, 5) is 2.44. The lowest BCUT2D eigenvalue weighted by atomic mass is 9.92. The summed E-state index contributed by atoms with van der Waals surface area (Å²) in [6.07, 6.45) is 0. The molecule has 0 aliphatic rings. The molecule has 0 saturated heterocycles. The maximum absolute atomic E-state index is 6.76. The van der Waals surface area contributed by atoms with E-state index in [4.69, 9.17) is 4.42 Å². The highest BCUT2D eigenvalue weighted by molar-refractivity contribution is 6.22. The third kappa shape index (κ3) is 5.57. The van der Waals surface area contributed by atoms with Crippen molar-refractivity contribution in [3.8, 4) is 33.4 Å². The lowest BCUT2D eigenvalue weighted by Gasteiger charge is -2.28. The van der Waals surface area contributed by atoms with Crippen LogP contribution in [0.1, 0.15) is 0 Å². The maximum Gasteiger partial charge on any atom is 0.145 e. The van der Waals surface area contributed by atoms with E-state index in [1.165, 1.54) is 54.6 Å². The van der Waals surface area contributed by atoms with Gasteiger partial charge in [-0.15, -0.1) is 0 Å². The molecular weight excluding hydrogens is 727 g/mol. The first kappa shape index (κ1) is 34.1. The van der Waals surface area contributed by atoms with Crippen LogP contribution >= 0.6 is 0 Å². The number of para-hydroxylation sites is 1. The van der Waals surface area contributed by atoms with Gasteiger partial charge in [0, 0.05) is 22.1 Å². The minimum Gasteiger partial charge on any atom is -0.455 e. The number of hydrogen-bond acceptors (Lipinski definition) is 2. The fourth-order valence-electron chi connectivity index (χ4n) is 9.38. The van der Waals surface area contributed by atoms with Gasteiger partial charge in [0.25, 0.3) is 0 Å². The van der Waals surface area contributed by atoms with Crippen molar-refractivity contribution in [3.63, 3.8) is 0 Å². The topological polar surface area (TPSA) is 16.4 Å². The van der Waals surface area contributed by atoms with Gasteiger partial charge in [0.05, 0.1) is 11.1 Å². The Morgan fingerprint density at radius 3 is 1.63 bits per heavy atom. The molecule has 11 aromatic carbocycles. The van der Waals surface area contributed by atoms with Gasteiger partial charge < -0.3 is 9.32 Å². The molecule has 60 heavy (non-hydrogen) atoms. The molecule has 2 heteroatoms. The number of fused-ring (bicyclic) bond motifs is 9. The molecule has 1 aromatic heterocycles. The van der Waals surface area contributed by atoms with Crippen LogP contribution in [0.5, 0.6) is 0 Å². The van der Waals surface area contributed by atoms with Crippen LogP contribution in [0.2, 0.25) is 0 Å². The van der Waals surface area contributed by atoms with Gasteiger partial charge >= 0.3 is 0 Å². The van der Waals surface area contributed by atoms with Gasteiger partial charge in [0.15, 0.2) is 0 Å². The predicted molar refractivity (Wildman–Crippen MR) is 255 cm³/mol. The molecule has 0 radical (unpaired) electrons. The van der Waals surface area contributed by atoms with Crippen molar-refractivity contribution in [1.82, 2.24) is 0 Å². The molecule has 1 heterocycles. The summed E-state index contributed by atoms with van der Waals surface area (Å²) in [5, 5.41) is 11.9. The van der Waals surface area contributed by atoms with Gasteiger partial charge in [0.2, 0.25) is 0 Å². The Balaban J connectivity index is 1.07. The van der Waals surface area contributed by atoms with E-state index in [0.717, 1.165) is 60.9 Å². The fraction of sp³-hybridized carbons (Fsp3) is 0. The Labute approximate surface area is 347 Å². The van der Waals surface area contributed by atoms with Crippen LogP contribution in [0.25, 0.3) is 98.4 Å². The lowest BCUT2D eigenvalue weighted by molar-refractivity contribution is 0.672. The first-order valence-electron chi connectivity index (χ1n) is 20.6. The Bertz CT molecular complexity index is 3600. The minimum atomic E-state index is 0.876. The summed E-state index contributed by atoms with van der Waals surface area (Å²) in [6, 6.07) is 81.3. The van der Waals surface area contributed by atoms with Crippen LogP contribution in [-0.2, 0) is 0 Å². The molecule has 0 amide bonds. The number of benzene rings is 11. The molecule has 0 aliphatic carbocycles. The van der Waals surface area contributed by atoms with Gasteiger partial charge in [-0.1, -0.05) is 182 Å². The smallest absolute Gasteiger partial charge is 0.145 e. The van der Waals surface area contributed by atoms with Crippen LogP contribution in [0.3, 0.4) is 0 Å². The fourth-order valence-corrected chi connectivity index (χ4v) is 9.38. The standard InChI is InChI=1S/C58H37NO/c1-2-15-39(16-3-1)54-37-46(34-42-17-4-8-23-48(42)54)59(55-36-44-19-6-9-24-49(44)58-57(55)52-27-12-13-28-56(52)60-58)45-21-14-20-41(33-45)38-29-31-40(32-30-38)53-35-43-18-5-7-22-47(43)50-25-10-11-26-51(50)53/h1-37H. The van der Waals surface area contributed by atoms with Crippen molar-refractivity contribution in [2.45, 2.75) is 0 Å². The third-order valence-corrected chi connectivity index (χ3v) is 12.2. The second-order valence-electron chi connectivity index (χ2n) is 15.7. The van der Waals surface area contributed by atoms with E-state index >= 15 is 0 Å². The molecule has 0 bridgehead atoms. The number of nitrogens with zero attached hydrogens (tertiary/aromatic N) is 1. The molecule has 0 aliphatic heterocycles. The molecule has 0 fully saturated rings. The van der Waals surface area contributed by atoms with E-state index in [1.54, 1.807) is 0 Å². The average Bonchev–Trinajstić information content (AvgIpc) is 3.72. The monoisotopic (exact) mass is 763 g/mol. The number of rotatable bonds is 6. The molecule has 0 saturated carbocycles. The molecule has 12 aromatic rings. The van der Waals surface area contributed by atoms with Crippen molar-refractivity contribution >= 4 is 82.1 Å². The number of hydrogen-bond donors (Lipinski definition) is 0. The first-order valence-corrected chi connectivity index (χ1v) is 20.6. The van der Waals surface area contributed by atoms with Gasteiger partial charge in [-0.05, 0) is 114 Å². The Kier molecular flexibility index (Phi) is 7.89. The quantitative estimate of drug-likeness (QED) is 0.157. The van der Waals surface area contributed by atoms with Gasteiger partial charge in [-0.3, -0.25) is 0 Å². The summed E-state index contributed by atoms with van der Waals surface area (Å²) in [5.41, 5.74) is 12.1. The van der Waals surface area contributed by atoms with Crippen molar-refractivity contribution < 1.29 is 4.42 Å². The molecule has 280 valence electrons. The molecular formula is C58H37NO. The van der Waals surface area contributed by atoms with E-state index < -0.39 is 0 Å².